The van der Waals surface area contributed by atoms with Crippen molar-refractivity contribution in [2.45, 2.75) is 18.9 Å². The van der Waals surface area contributed by atoms with E-state index < -0.39 is 0 Å². The molecule has 0 bridgehead atoms. The van der Waals surface area contributed by atoms with Gasteiger partial charge < -0.3 is 15.5 Å². The summed E-state index contributed by atoms with van der Waals surface area (Å²) in [5.41, 5.74) is 1.47. The summed E-state index contributed by atoms with van der Waals surface area (Å²) in [7, 11) is 3.49. The molecule has 2 N–H and O–H groups in total. The first-order chi connectivity index (χ1) is 9.08. The third kappa shape index (κ3) is 3.61. The van der Waals surface area contributed by atoms with Gasteiger partial charge in [-0.2, -0.15) is 0 Å². The van der Waals surface area contributed by atoms with Crippen LogP contribution >= 0.6 is 11.6 Å². The lowest BCUT2D eigenvalue weighted by atomic mass is 10.1. The molecule has 2 rings (SSSR count). The number of halogens is 1. The van der Waals surface area contributed by atoms with Crippen LogP contribution in [0.4, 0.5) is 5.69 Å². The Labute approximate surface area is 119 Å². The molecule has 19 heavy (non-hydrogen) atoms. The summed E-state index contributed by atoms with van der Waals surface area (Å²) < 4.78 is 0. The van der Waals surface area contributed by atoms with Gasteiger partial charge in [-0.05, 0) is 37.6 Å². The number of amides is 1. The minimum atomic E-state index is -0.0151. The maximum absolute atomic E-state index is 11.9. The van der Waals surface area contributed by atoms with Crippen LogP contribution in [0.3, 0.4) is 0 Å². The summed E-state index contributed by atoms with van der Waals surface area (Å²) in [5, 5.41) is 7.39. The van der Waals surface area contributed by atoms with E-state index in [-0.39, 0.29) is 5.91 Å². The quantitative estimate of drug-likeness (QED) is 0.889. The van der Waals surface area contributed by atoms with Crippen molar-refractivity contribution >= 4 is 23.2 Å². The second kappa shape index (κ2) is 6.26. The van der Waals surface area contributed by atoms with Crippen LogP contribution < -0.4 is 10.6 Å². The summed E-state index contributed by atoms with van der Waals surface area (Å²) in [6.45, 7) is 1.92. The van der Waals surface area contributed by atoms with E-state index in [1.807, 2.05) is 6.07 Å². The molecule has 0 spiro atoms. The average molecular weight is 282 g/mol. The summed E-state index contributed by atoms with van der Waals surface area (Å²) in [5.74, 6) is -0.0151. The van der Waals surface area contributed by atoms with Crippen LogP contribution in [0.2, 0.25) is 5.02 Å². The zero-order valence-electron chi connectivity index (χ0n) is 11.4. The van der Waals surface area contributed by atoms with Crippen molar-refractivity contribution in [2.75, 3.05) is 32.5 Å². The molecule has 1 saturated heterocycles. The first-order valence-electron chi connectivity index (χ1n) is 6.56. The number of carbonyl (C=O) groups excluding carboxylic acids is 1. The van der Waals surface area contributed by atoms with Crippen LogP contribution in [-0.4, -0.2) is 44.0 Å². The van der Waals surface area contributed by atoms with E-state index in [1.165, 1.54) is 12.8 Å². The molecule has 0 radical (unpaired) electrons. The van der Waals surface area contributed by atoms with Crippen LogP contribution in [-0.2, 0) is 0 Å². The Bertz CT molecular complexity index is 456. The van der Waals surface area contributed by atoms with E-state index >= 15 is 0 Å². The molecule has 4 nitrogen and oxygen atoms in total. The second-order valence-corrected chi connectivity index (χ2v) is 5.48. The standard InChI is InChI=1S/C14H20ClN3O/c1-18(2)14(19)10-5-6-12(15)13(8-10)17-9-11-4-3-7-16-11/h5-6,8,11,16-17H,3-4,7,9H2,1-2H3. The molecule has 1 unspecified atom stereocenters. The number of nitrogens with zero attached hydrogens (tertiary/aromatic N) is 1. The molecule has 1 aromatic carbocycles. The van der Waals surface area contributed by atoms with Gasteiger partial charge in [0.25, 0.3) is 5.91 Å². The predicted octanol–water partition coefficient (Wildman–Crippen LogP) is 2.21. The molecule has 0 aliphatic carbocycles. The van der Waals surface area contributed by atoms with E-state index in [0.717, 1.165) is 18.8 Å². The zero-order valence-corrected chi connectivity index (χ0v) is 12.1. The predicted molar refractivity (Wildman–Crippen MR) is 79.0 cm³/mol. The molecule has 104 valence electrons. The molecule has 1 heterocycles. The maximum Gasteiger partial charge on any atom is 0.253 e. The third-order valence-corrected chi connectivity index (χ3v) is 3.65. The lowest BCUT2D eigenvalue weighted by Gasteiger charge is -2.16. The van der Waals surface area contributed by atoms with Crippen molar-refractivity contribution in [1.29, 1.82) is 0 Å². The largest absolute Gasteiger partial charge is 0.382 e. The van der Waals surface area contributed by atoms with Crippen LogP contribution in [0.1, 0.15) is 23.2 Å². The van der Waals surface area contributed by atoms with Gasteiger partial charge in [-0.3, -0.25) is 4.79 Å². The topological polar surface area (TPSA) is 44.4 Å². The van der Waals surface area contributed by atoms with Crippen molar-refractivity contribution in [2.24, 2.45) is 0 Å². The Morgan fingerprint density at radius 2 is 2.32 bits per heavy atom. The van der Waals surface area contributed by atoms with Gasteiger partial charge in [0.2, 0.25) is 0 Å². The van der Waals surface area contributed by atoms with E-state index in [4.69, 9.17) is 11.6 Å². The first kappa shape index (κ1) is 14.2. The van der Waals surface area contributed by atoms with Crippen molar-refractivity contribution in [3.63, 3.8) is 0 Å². The Morgan fingerprint density at radius 3 is 2.95 bits per heavy atom. The number of nitrogens with one attached hydrogen (secondary N) is 2. The van der Waals surface area contributed by atoms with Crippen LogP contribution in [0.15, 0.2) is 18.2 Å². The number of rotatable bonds is 4. The minimum Gasteiger partial charge on any atom is -0.382 e. The lowest BCUT2D eigenvalue weighted by Crippen LogP contribution is -2.29. The monoisotopic (exact) mass is 281 g/mol. The molecule has 0 aromatic heterocycles. The van der Waals surface area contributed by atoms with E-state index in [1.54, 1.807) is 31.1 Å². The molecule has 5 heteroatoms. The first-order valence-corrected chi connectivity index (χ1v) is 6.94. The highest BCUT2D eigenvalue weighted by molar-refractivity contribution is 6.33. The highest BCUT2D eigenvalue weighted by atomic mass is 35.5. The van der Waals surface area contributed by atoms with Crippen molar-refractivity contribution in [3.05, 3.63) is 28.8 Å². The highest BCUT2D eigenvalue weighted by Crippen LogP contribution is 2.24. The number of anilines is 1. The van der Waals surface area contributed by atoms with Gasteiger partial charge in [0.05, 0.1) is 10.7 Å². The van der Waals surface area contributed by atoms with Crippen molar-refractivity contribution < 1.29 is 4.79 Å². The molecular weight excluding hydrogens is 262 g/mol. The summed E-state index contributed by atoms with van der Waals surface area (Å²) in [4.78, 5) is 13.5. The third-order valence-electron chi connectivity index (χ3n) is 3.32. The fourth-order valence-corrected chi connectivity index (χ4v) is 2.40. The average Bonchev–Trinajstić information content (AvgIpc) is 2.90. The maximum atomic E-state index is 11.9. The number of benzene rings is 1. The fraction of sp³-hybridized carbons (Fsp3) is 0.500. The molecular formula is C14H20ClN3O. The number of hydrogen-bond acceptors (Lipinski definition) is 3. The molecule has 1 aliphatic rings. The molecule has 1 atom stereocenters. The summed E-state index contributed by atoms with van der Waals surface area (Å²) in [6, 6.07) is 5.83. The molecule has 1 aromatic rings. The Kier molecular flexibility index (Phi) is 4.66. The van der Waals surface area contributed by atoms with E-state index in [9.17, 15) is 4.79 Å². The van der Waals surface area contributed by atoms with E-state index in [2.05, 4.69) is 10.6 Å². The Balaban J connectivity index is 2.06. The summed E-state index contributed by atoms with van der Waals surface area (Å²) >= 11 is 6.16. The van der Waals surface area contributed by atoms with Gasteiger partial charge in [0, 0.05) is 32.2 Å². The fourth-order valence-electron chi connectivity index (χ4n) is 2.22. The second-order valence-electron chi connectivity index (χ2n) is 5.07. The molecule has 0 saturated carbocycles. The molecule has 1 fully saturated rings. The van der Waals surface area contributed by atoms with Gasteiger partial charge in [-0.1, -0.05) is 11.6 Å². The highest BCUT2D eigenvalue weighted by Gasteiger charge is 2.15. The number of carbonyl (C=O) groups is 1. The van der Waals surface area contributed by atoms with Crippen LogP contribution in [0.5, 0.6) is 0 Å². The Hall–Kier alpha value is -1.26. The van der Waals surface area contributed by atoms with Gasteiger partial charge in [0.1, 0.15) is 0 Å². The smallest absolute Gasteiger partial charge is 0.253 e. The van der Waals surface area contributed by atoms with Gasteiger partial charge in [0.15, 0.2) is 0 Å². The Morgan fingerprint density at radius 1 is 1.53 bits per heavy atom. The normalized spacial score (nSPS) is 18.4. The van der Waals surface area contributed by atoms with Gasteiger partial charge in [-0.15, -0.1) is 0 Å². The molecule has 1 aliphatic heterocycles. The van der Waals surface area contributed by atoms with Crippen LogP contribution in [0.25, 0.3) is 0 Å². The SMILES string of the molecule is CN(C)C(=O)c1ccc(Cl)c(NCC2CCCN2)c1. The zero-order chi connectivity index (χ0) is 13.8. The summed E-state index contributed by atoms with van der Waals surface area (Å²) in [6.07, 6.45) is 2.40. The van der Waals surface area contributed by atoms with Crippen molar-refractivity contribution in [1.82, 2.24) is 10.2 Å². The van der Waals surface area contributed by atoms with Crippen molar-refractivity contribution in [3.8, 4) is 0 Å². The van der Waals surface area contributed by atoms with Gasteiger partial charge >= 0.3 is 0 Å². The molecule has 1 amide bonds. The van der Waals surface area contributed by atoms with E-state index in [0.29, 0.717) is 16.6 Å². The van der Waals surface area contributed by atoms with Crippen LogP contribution in [0, 0.1) is 0 Å². The lowest BCUT2D eigenvalue weighted by molar-refractivity contribution is 0.0827. The number of hydrogen-bond donors (Lipinski definition) is 2. The minimum absolute atomic E-state index is 0.0151. The van der Waals surface area contributed by atoms with Gasteiger partial charge in [-0.25, -0.2) is 0 Å².